The molecule has 0 radical (unpaired) electrons. The second kappa shape index (κ2) is 10.7. The molecule has 0 spiro atoms. The maximum atomic E-state index is 12.8. The number of aryl methyl sites for hydroxylation is 1. The van der Waals surface area contributed by atoms with Crippen molar-refractivity contribution in [2.75, 3.05) is 0 Å². The summed E-state index contributed by atoms with van der Waals surface area (Å²) in [5.74, 6) is -0.122. The minimum atomic E-state index is -1.01. The van der Waals surface area contributed by atoms with Gasteiger partial charge in [0.1, 0.15) is 5.82 Å². The maximum Gasteiger partial charge on any atom is 0.337 e. The van der Waals surface area contributed by atoms with Crippen LogP contribution in [0.3, 0.4) is 0 Å². The van der Waals surface area contributed by atoms with Gasteiger partial charge >= 0.3 is 5.97 Å². The van der Waals surface area contributed by atoms with Gasteiger partial charge in [-0.25, -0.2) is 14.5 Å². The van der Waals surface area contributed by atoms with Crippen LogP contribution < -0.4 is 0 Å². The third-order valence-corrected chi connectivity index (χ3v) is 5.61. The first-order valence-electron chi connectivity index (χ1n) is 11.3. The average Bonchev–Trinajstić information content (AvgIpc) is 3.26. The average molecular weight is 455 g/mol. The van der Waals surface area contributed by atoms with E-state index in [4.69, 9.17) is 0 Å². The Morgan fingerprint density at radius 2 is 1.74 bits per heavy atom. The molecular weight excluding hydrogens is 428 g/mol. The SMILES string of the molecule is CCCCn1nc(C(=O)Cc2ccccc2)nc1Cc1ccc(-c2ccncc2C(=O)O)cc1. The minimum Gasteiger partial charge on any atom is -0.478 e. The van der Waals surface area contributed by atoms with Gasteiger partial charge < -0.3 is 5.11 Å². The van der Waals surface area contributed by atoms with Crippen LogP contribution in [0.5, 0.6) is 0 Å². The summed E-state index contributed by atoms with van der Waals surface area (Å²) in [5.41, 5.74) is 3.52. The van der Waals surface area contributed by atoms with E-state index in [-0.39, 0.29) is 23.6 Å². The molecule has 0 aliphatic carbocycles. The van der Waals surface area contributed by atoms with Gasteiger partial charge in [-0.1, -0.05) is 67.9 Å². The predicted molar refractivity (Wildman–Crippen MR) is 129 cm³/mol. The number of carboxylic acid groups (broad SMARTS) is 1. The Balaban J connectivity index is 1.55. The fourth-order valence-electron chi connectivity index (χ4n) is 3.77. The normalized spacial score (nSPS) is 10.9. The number of rotatable bonds is 10. The lowest BCUT2D eigenvalue weighted by Gasteiger charge is -2.08. The zero-order valence-corrected chi connectivity index (χ0v) is 19.0. The summed E-state index contributed by atoms with van der Waals surface area (Å²) in [4.78, 5) is 32.8. The molecule has 0 atom stereocenters. The molecule has 7 nitrogen and oxygen atoms in total. The highest BCUT2D eigenvalue weighted by atomic mass is 16.4. The molecule has 172 valence electrons. The molecule has 7 heteroatoms. The zero-order chi connectivity index (χ0) is 23.9. The van der Waals surface area contributed by atoms with Gasteiger partial charge in [0, 0.05) is 31.8 Å². The molecule has 1 N–H and O–H groups in total. The molecule has 2 aromatic heterocycles. The third-order valence-electron chi connectivity index (χ3n) is 5.61. The third kappa shape index (κ3) is 5.43. The van der Waals surface area contributed by atoms with Crippen LogP contribution in [-0.4, -0.2) is 36.6 Å². The molecule has 0 saturated heterocycles. The van der Waals surface area contributed by atoms with Gasteiger partial charge in [-0.05, 0) is 34.7 Å². The minimum absolute atomic E-state index is 0.100. The van der Waals surface area contributed by atoms with Crippen molar-refractivity contribution in [2.24, 2.45) is 0 Å². The van der Waals surface area contributed by atoms with Crippen molar-refractivity contribution >= 4 is 11.8 Å². The summed E-state index contributed by atoms with van der Waals surface area (Å²) in [6, 6.07) is 19.0. The summed E-state index contributed by atoms with van der Waals surface area (Å²) in [6.07, 6.45) is 5.69. The van der Waals surface area contributed by atoms with Crippen LogP contribution in [0.4, 0.5) is 0 Å². The Labute approximate surface area is 198 Å². The molecule has 0 aliphatic heterocycles. The van der Waals surface area contributed by atoms with Crippen molar-refractivity contribution in [2.45, 2.75) is 39.2 Å². The van der Waals surface area contributed by atoms with E-state index < -0.39 is 5.97 Å². The van der Waals surface area contributed by atoms with Crippen LogP contribution in [0.25, 0.3) is 11.1 Å². The van der Waals surface area contributed by atoms with Crippen LogP contribution >= 0.6 is 0 Å². The molecule has 0 fully saturated rings. The fourth-order valence-corrected chi connectivity index (χ4v) is 3.77. The van der Waals surface area contributed by atoms with Gasteiger partial charge in [-0.3, -0.25) is 9.78 Å². The quantitative estimate of drug-likeness (QED) is 0.344. The van der Waals surface area contributed by atoms with Crippen LogP contribution in [0.15, 0.2) is 73.1 Å². The lowest BCUT2D eigenvalue weighted by Crippen LogP contribution is -2.08. The van der Waals surface area contributed by atoms with Crippen molar-refractivity contribution in [3.05, 3.63) is 101 Å². The highest BCUT2D eigenvalue weighted by molar-refractivity contribution is 5.95. The lowest BCUT2D eigenvalue weighted by molar-refractivity contribution is 0.0697. The number of aromatic carboxylic acids is 1. The number of Topliss-reactive ketones (excluding diaryl/α,β-unsaturated/α-hetero) is 1. The van der Waals surface area contributed by atoms with Crippen LogP contribution in [0, 0.1) is 0 Å². The fraction of sp³-hybridized carbons (Fsp3) is 0.222. The molecule has 4 rings (SSSR count). The van der Waals surface area contributed by atoms with Gasteiger partial charge in [0.15, 0.2) is 0 Å². The Bertz CT molecular complexity index is 1280. The Morgan fingerprint density at radius 1 is 0.971 bits per heavy atom. The molecule has 0 saturated carbocycles. The number of pyridine rings is 1. The number of benzene rings is 2. The highest BCUT2D eigenvalue weighted by Crippen LogP contribution is 2.24. The summed E-state index contributed by atoms with van der Waals surface area (Å²) < 4.78 is 1.83. The van der Waals surface area contributed by atoms with E-state index in [2.05, 4.69) is 22.0 Å². The smallest absolute Gasteiger partial charge is 0.337 e. The molecule has 0 unspecified atom stereocenters. The van der Waals surface area contributed by atoms with E-state index in [0.29, 0.717) is 18.5 Å². The molecule has 0 amide bonds. The van der Waals surface area contributed by atoms with E-state index in [1.54, 1.807) is 12.3 Å². The van der Waals surface area contributed by atoms with Gasteiger partial charge in [0.25, 0.3) is 0 Å². The molecule has 4 aromatic rings. The number of hydrogen-bond acceptors (Lipinski definition) is 5. The number of carboxylic acids is 1. The first-order valence-corrected chi connectivity index (χ1v) is 11.3. The first-order chi connectivity index (χ1) is 16.5. The number of aromatic nitrogens is 4. The van der Waals surface area contributed by atoms with Crippen molar-refractivity contribution in [3.63, 3.8) is 0 Å². The van der Waals surface area contributed by atoms with Gasteiger partial charge in [-0.2, -0.15) is 0 Å². The Kier molecular flexibility index (Phi) is 7.22. The van der Waals surface area contributed by atoms with E-state index in [9.17, 15) is 14.7 Å². The van der Waals surface area contributed by atoms with Crippen molar-refractivity contribution in [1.29, 1.82) is 0 Å². The predicted octanol–water partition coefficient (Wildman–Crippen LogP) is 4.85. The summed E-state index contributed by atoms with van der Waals surface area (Å²) in [5, 5.41) is 14.0. The zero-order valence-electron chi connectivity index (χ0n) is 19.0. The van der Waals surface area contributed by atoms with E-state index >= 15 is 0 Å². The summed E-state index contributed by atoms with van der Waals surface area (Å²) in [7, 11) is 0. The van der Waals surface area contributed by atoms with E-state index in [1.807, 2.05) is 59.3 Å². The van der Waals surface area contributed by atoms with Gasteiger partial charge in [-0.15, -0.1) is 5.10 Å². The highest BCUT2D eigenvalue weighted by Gasteiger charge is 2.17. The number of carbonyl (C=O) groups is 2. The monoisotopic (exact) mass is 454 g/mol. The number of unbranched alkanes of at least 4 members (excludes halogenated alkanes) is 1. The second-order valence-corrected chi connectivity index (χ2v) is 8.11. The van der Waals surface area contributed by atoms with E-state index in [1.165, 1.54) is 6.20 Å². The van der Waals surface area contributed by atoms with Crippen LogP contribution in [0.2, 0.25) is 0 Å². The lowest BCUT2D eigenvalue weighted by atomic mass is 10.00. The van der Waals surface area contributed by atoms with Gasteiger partial charge in [0.2, 0.25) is 11.6 Å². The topological polar surface area (TPSA) is 98.0 Å². The molecule has 0 aliphatic rings. The molecular formula is C27H26N4O3. The maximum absolute atomic E-state index is 12.8. The summed E-state index contributed by atoms with van der Waals surface area (Å²) in [6.45, 7) is 2.82. The van der Waals surface area contributed by atoms with Crippen LogP contribution in [0.1, 0.15) is 57.7 Å². The molecule has 2 aromatic carbocycles. The Hall–Kier alpha value is -4.13. The molecule has 2 heterocycles. The van der Waals surface area contributed by atoms with Crippen molar-refractivity contribution < 1.29 is 14.7 Å². The van der Waals surface area contributed by atoms with Gasteiger partial charge in [0.05, 0.1) is 5.56 Å². The summed E-state index contributed by atoms with van der Waals surface area (Å²) >= 11 is 0. The van der Waals surface area contributed by atoms with Crippen molar-refractivity contribution in [3.8, 4) is 11.1 Å². The van der Waals surface area contributed by atoms with Crippen molar-refractivity contribution in [1.82, 2.24) is 19.7 Å². The molecule has 34 heavy (non-hydrogen) atoms. The molecule has 0 bridgehead atoms. The number of nitrogens with zero attached hydrogens (tertiary/aromatic N) is 4. The number of ketones is 1. The van der Waals surface area contributed by atoms with Crippen LogP contribution in [-0.2, 0) is 19.4 Å². The van der Waals surface area contributed by atoms with E-state index in [0.717, 1.165) is 35.4 Å². The first kappa shape index (κ1) is 23.0. The standard InChI is InChI=1S/C27H26N4O3/c1-2-3-15-31-25(29-26(30-31)24(32)16-19-7-5-4-6-8-19)17-20-9-11-21(12-10-20)22-13-14-28-18-23(22)27(33)34/h4-14,18H,2-3,15-17H2,1H3,(H,33,34). The largest absolute Gasteiger partial charge is 0.478 e. The second-order valence-electron chi connectivity index (χ2n) is 8.11. The number of carbonyl (C=O) groups excluding carboxylic acids is 1. The number of hydrogen-bond donors (Lipinski definition) is 1. The Morgan fingerprint density at radius 3 is 2.44 bits per heavy atom.